The third-order valence-electron chi connectivity index (χ3n) is 4.46. The average molecular weight is 510 g/mol. The maximum atomic E-state index is 12.4. The SMILES string of the molecule is CN=C(NCCC(=O)N(C)Cc1ccccc1)N(C)Cc1ccc(OC)cc1.I. The average Bonchev–Trinajstić information content (AvgIpc) is 2.72. The number of rotatable bonds is 8. The van der Waals surface area contributed by atoms with Crippen molar-refractivity contribution in [2.75, 3.05) is 34.8 Å². The van der Waals surface area contributed by atoms with Crippen molar-refractivity contribution in [1.82, 2.24) is 15.1 Å². The van der Waals surface area contributed by atoms with Gasteiger partial charge in [0.2, 0.25) is 5.91 Å². The molecule has 2 aromatic carbocycles. The highest BCUT2D eigenvalue weighted by atomic mass is 127. The summed E-state index contributed by atoms with van der Waals surface area (Å²) < 4.78 is 5.19. The van der Waals surface area contributed by atoms with E-state index in [0.29, 0.717) is 26.1 Å². The smallest absolute Gasteiger partial charge is 0.224 e. The van der Waals surface area contributed by atoms with Crippen LogP contribution in [0.15, 0.2) is 59.6 Å². The summed E-state index contributed by atoms with van der Waals surface area (Å²) in [4.78, 5) is 20.4. The molecule has 0 aliphatic heterocycles. The van der Waals surface area contributed by atoms with Gasteiger partial charge in [-0.2, -0.15) is 0 Å². The summed E-state index contributed by atoms with van der Waals surface area (Å²) in [6.07, 6.45) is 0.415. The lowest BCUT2D eigenvalue weighted by molar-refractivity contribution is -0.130. The maximum Gasteiger partial charge on any atom is 0.224 e. The Labute approximate surface area is 191 Å². The second-order valence-electron chi connectivity index (χ2n) is 6.66. The number of aliphatic imine (C=N–C) groups is 1. The van der Waals surface area contributed by atoms with Gasteiger partial charge in [-0.3, -0.25) is 9.79 Å². The largest absolute Gasteiger partial charge is 0.497 e. The number of halogens is 1. The second kappa shape index (κ2) is 13.0. The highest BCUT2D eigenvalue weighted by Crippen LogP contribution is 2.12. The van der Waals surface area contributed by atoms with Crippen molar-refractivity contribution in [1.29, 1.82) is 0 Å². The molecule has 0 heterocycles. The highest BCUT2D eigenvalue weighted by molar-refractivity contribution is 14.0. The summed E-state index contributed by atoms with van der Waals surface area (Å²) >= 11 is 0. The molecule has 0 saturated heterocycles. The zero-order chi connectivity index (χ0) is 20.4. The van der Waals surface area contributed by atoms with E-state index in [9.17, 15) is 4.79 Å². The number of benzene rings is 2. The lowest BCUT2D eigenvalue weighted by atomic mass is 10.2. The minimum atomic E-state index is 0. The Morgan fingerprint density at radius 3 is 2.14 bits per heavy atom. The first kappa shape index (κ1) is 24.7. The van der Waals surface area contributed by atoms with Crippen LogP contribution in [0.5, 0.6) is 5.75 Å². The first-order valence-electron chi connectivity index (χ1n) is 9.36. The molecule has 0 spiro atoms. The van der Waals surface area contributed by atoms with E-state index in [4.69, 9.17) is 4.74 Å². The Kier molecular flexibility index (Phi) is 11.1. The number of hydrogen-bond acceptors (Lipinski definition) is 3. The van der Waals surface area contributed by atoms with Gasteiger partial charge in [-0.15, -0.1) is 24.0 Å². The first-order chi connectivity index (χ1) is 13.5. The molecule has 2 aromatic rings. The Morgan fingerprint density at radius 1 is 0.966 bits per heavy atom. The van der Waals surface area contributed by atoms with Crippen LogP contribution in [0.2, 0.25) is 0 Å². The lowest BCUT2D eigenvalue weighted by Crippen LogP contribution is -2.40. The van der Waals surface area contributed by atoms with E-state index in [2.05, 4.69) is 10.3 Å². The molecular formula is C22H31IN4O2. The number of nitrogens with one attached hydrogen (secondary N) is 1. The number of hydrogen-bond donors (Lipinski definition) is 1. The minimum Gasteiger partial charge on any atom is -0.497 e. The van der Waals surface area contributed by atoms with E-state index in [-0.39, 0.29) is 29.9 Å². The molecule has 6 nitrogen and oxygen atoms in total. The quantitative estimate of drug-likeness (QED) is 0.336. The van der Waals surface area contributed by atoms with Gasteiger partial charge in [-0.25, -0.2) is 0 Å². The number of methoxy groups -OCH3 is 1. The van der Waals surface area contributed by atoms with Gasteiger partial charge in [0, 0.05) is 47.2 Å². The molecule has 0 aromatic heterocycles. The molecule has 0 saturated carbocycles. The predicted molar refractivity (Wildman–Crippen MR) is 129 cm³/mol. The van der Waals surface area contributed by atoms with Crippen molar-refractivity contribution in [2.24, 2.45) is 4.99 Å². The van der Waals surface area contributed by atoms with E-state index < -0.39 is 0 Å². The van der Waals surface area contributed by atoms with Crippen LogP contribution in [0.1, 0.15) is 17.5 Å². The Balaban J connectivity index is 0.00000420. The zero-order valence-corrected chi connectivity index (χ0v) is 19.9. The molecule has 7 heteroatoms. The number of ether oxygens (including phenoxy) is 1. The summed E-state index contributed by atoms with van der Waals surface area (Å²) in [5.74, 6) is 1.70. The Hall–Kier alpha value is -2.29. The summed E-state index contributed by atoms with van der Waals surface area (Å²) in [5.41, 5.74) is 2.28. The van der Waals surface area contributed by atoms with Gasteiger partial charge < -0.3 is 19.9 Å². The van der Waals surface area contributed by atoms with Crippen LogP contribution in [-0.2, 0) is 17.9 Å². The van der Waals surface area contributed by atoms with Gasteiger partial charge in [-0.1, -0.05) is 42.5 Å². The van der Waals surface area contributed by atoms with Crippen molar-refractivity contribution in [3.8, 4) is 5.75 Å². The first-order valence-corrected chi connectivity index (χ1v) is 9.36. The van der Waals surface area contributed by atoms with Gasteiger partial charge in [0.25, 0.3) is 0 Å². The van der Waals surface area contributed by atoms with E-state index in [1.54, 1.807) is 19.1 Å². The lowest BCUT2D eigenvalue weighted by Gasteiger charge is -2.23. The van der Waals surface area contributed by atoms with Gasteiger partial charge in [0.1, 0.15) is 5.75 Å². The van der Waals surface area contributed by atoms with Crippen LogP contribution in [0.3, 0.4) is 0 Å². The molecule has 0 unspecified atom stereocenters. The summed E-state index contributed by atoms with van der Waals surface area (Å²) in [7, 11) is 7.21. The predicted octanol–water partition coefficient (Wildman–Crippen LogP) is 3.37. The van der Waals surface area contributed by atoms with Crippen LogP contribution in [0, 0.1) is 0 Å². The normalized spacial score (nSPS) is 10.7. The number of carbonyl (C=O) groups is 1. The third-order valence-corrected chi connectivity index (χ3v) is 4.46. The molecule has 0 fully saturated rings. The fourth-order valence-corrected chi connectivity index (χ4v) is 2.88. The van der Waals surface area contributed by atoms with Crippen molar-refractivity contribution >= 4 is 35.8 Å². The standard InChI is InChI=1S/C22H30N4O2.HI/c1-23-22(26(3)17-19-10-12-20(28-4)13-11-19)24-15-14-21(27)25(2)16-18-8-6-5-7-9-18;/h5-13H,14-17H2,1-4H3,(H,23,24);1H. The molecule has 29 heavy (non-hydrogen) atoms. The second-order valence-corrected chi connectivity index (χ2v) is 6.66. The topological polar surface area (TPSA) is 57.2 Å². The summed E-state index contributed by atoms with van der Waals surface area (Å²) in [6, 6.07) is 17.9. The van der Waals surface area contributed by atoms with Gasteiger partial charge in [-0.05, 0) is 23.3 Å². The Morgan fingerprint density at radius 2 is 1.55 bits per heavy atom. The summed E-state index contributed by atoms with van der Waals surface area (Å²) in [6.45, 7) is 1.87. The number of nitrogens with zero attached hydrogens (tertiary/aromatic N) is 3. The molecule has 0 aliphatic rings. The Bertz CT molecular complexity index is 766. The van der Waals surface area contributed by atoms with Crippen LogP contribution < -0.4 is 10.1 Å². The van der Waals surface area contributed by atoms with Crippen molar-refractivity contribution in [3.05, 3.63) is 65.7 Å². The number of amides is 1. The third kappa shape index (κ3) is 8.31. The van der Waals surface area contributed by atoms with Crippen LogP contribution >= 0.6 is 24.0 Å². The highest BCUT2D eigenvalue weighted by Gasteiger charge is 2.11. The number of guanidine groups is 1. The molecule has 0 aliphatic carbocycles. The summed E-state index contributed by atoms with van der Waals surface area (Å²) in [5, 5.41) is 3.27. The van der Waals surface area contributed by atoms with Crippen LogP contribution in [0.4, 0.5) is 0 Å². The van der Waals surface area contributed by atoms with E-state index in [1.807, 2.05) is 73.6 Å². The van der Waals surface area contributed by atoms with Gasteiger partial charge >= 0.3 is 0 Å². The van der Waals surface area contributed by atoms with Crippen LogP contribution in [0.25, 0.3) is 0 Å². The fourth-order valence-electron chi connectivity index (χ4n) is 2.88. The van der Waals surface area contributed by atoms with Gasteiger partial charge in [0.05, 0.1) is 7.11 Å². The minimum absolute atomic E-state index is 0. The molecule has 0 radical (unpaired) electrons. The molecule has 0 bridgehead atoms. The fraction of sp³-hybridized carbons (Fsp3) is 0.364. The van der Waals surface area contributed by atoms with Crippen molar-refractivity contribution in [2.45, 2.75) is 19.5 Å². The van der Waals surface area contributed by atoms with E-state index >= 15 is 0 Å². The molecule has 158 valence electrons. The van der Waals surface area contributed by atoms with Gasteiger partial charge in [0.15, 0.2) is 5.96 Å². The van der Waals surface area contributed by atoms with Crippen molar-refractivity contribution < 1.29 is 9.53 Å². The molecule has 2 rings (SSSR count). The molecule has 0 atom stereocenters. The van der Waals surface area contributed by atoms with E-state index in [0.717, 1.165) is 22.8 Å². The monoisotopic (exact) mass is 510 g/mol. The van der Waals surface area contributed by atoms with Crippen LogP contribution in [-0.4, -0.2) is 56.5 Å². The molecule has 1 amide bonds. The van der Waals surface area contributed by atoms with E-state index in [1.165, 1.54) is 0 Å². The molecular weight excluding hydrogens is 479 g/mol. The molecule has 1 N–H and O–H groups in total. The zero-order valence-electron chi connectivity index (χ0n) is 17.6. The number of carbonyl (C=O) groups excluding carboxylic acids is 1. The maximum absolute atomic E-state index is 12.4. The van der Waals surface area contributed by atoms with Crippen molar-refractivity contribution in [3.63, 3.8) is 0 Å².